The lowest BCUT2D eigenvalue weighted by Gasteiger charge is -2.15. The van der Waals surface area contributed by atoms with Gasteiger partial charge in [0.2, 0.25) is 5.88 Å². The van der Waals surface area contributed by atoms with Gasteiger partial charge in [-0.15, -0.1) is 23.1 Å². The average Bonchev–Trinajstić information content (AvgIpc) is 1.65. The summed E-state index contributed by atoms with van der Waals surface area (Å²) in [6.45, 7) is 2.00. The SMILES string of the molecule is CSc1ccc(/C=C2\SC(=Nc3ccccc3)N(c3ccccc3)C2=O)cc1.Cc1nc2ccc(/C=C3\SC(=Nc4ccccc4)N(c4ccccc4)C3=O)cc2s1.Cn1ncc2cc(/C=C3\SC(=Nc4ccccc4)N(c4ccccc4)C3=O)ccc21.O=C1/C(=C/c2ccc3occc3c2)SC(=Nc2ccccc2)N1c1ccccc1.O=C1N=c2ccc(=Cc3sc(=Nc4ccccc4)n(-c4ccccc4)c3O)cc2O1. The van der Waals surface area contributed by atoms with Crippen molar-refractivity contribution < 1.29 is 38.2 Å². The van der Waals surface area contributed by atoms with Gasteiger partial charge >= 0.3 is 6.09 Å². The summed E-state index contributed by atoms with van der Waals surface area (Å²) in [7, 11) is 1.92. The molecule has 147 heavy (non-hydrogen) atoms. The maximum atomic E-state index is 13.3. The highest BCUT2D eigenvalue weighted by atomic mass is 32.2. The molecule has 19 aromatic rings. The number of fused-ring (bicyclic) bond motifs is 4. The number of aromatic nitrogens is 4. The molecule has 0 bridgehead atoms. The smallest absolute Gasteiger partial charge is 0.439 e. The highest BCUT2D eigenvalue weighted by Gasteiger charge is 2.39. The van der Waals surface area contributed by atoms with Crippen LogP contribution in [0.25, 0.3) is 68.2 Å². The topological polar surface area (TPSA) is 251 Å². The molecular formula is C118H84N14O8S7. The van der Waals surface area contributed by atoms with Crippen molar-refractivity contribution >= 4 is 246 Å². The Labute approximate surface area is 874 Å². The van der Waals surface area contributed by atoms with Crippen molar-refractivity contribution in [2.24, 2.45) is 37.0 Å². The monoisotopic (exact) mass is 2050 g/mol. The number of thioether (sulfide) groups is 5. The lowest BCUT2D eigenvalue weighted by Crippen LogP contribution is -2.28. The number of hydrogen-bond acceptors (Lipinski definition) is 22. The van der Waals surface area contributed by atoms with Crippen molar-refractivity contribution in [1.82, 2.24) is 19.3 Å². The Morgan fingerprint density at radius 3 is 1.19 bits per heavy atom. The van der Waals surface area contributed by atoms with E-state index in [0.717, 1.165) is 121 Å². The van der Waals surface area contributed by atoms with E-state index in [9.17, 15) is 29.1 Å². The van der Waals surface area contributed by atoms with E-state index in [1.165, 1.54) is 63.3 Å². The lowest BCUT2D eigenvalue weighted by molar-refractivity contribution is -0.114. The van der Waals surface area contributed by atoms with Gasteiger partial charge in [0.05, 0.1) is 115 Å². The number of carbonyl (C=O) groups excluding carboxylic acids is 5. The van der Waals surface area contributed by atoms with Gasteiger partial charge in [-0.2, -0.15) is 10.1 Å². The van der Waals surface area contributed by atoms with Gasteiger partial charge < -0.3 is 14.3 Å². The molecular weight excluding hydrogens is 1970 g/mol. The number of anilines is 4. The third kappa shape index (κ3) is 23.4. The second kappa shape index (κ2) is 45.6. The molecule has 0 unspecified atom stereocenters. The molecule has 5 aliphatic heterocycles. The number of hydrogen-bond donors (Lipinski definition) is 1. The van der Waals surface area contributed by atoms with Gasteiger partial charge in [0.15, 0.2) is 31.2 Å². The van der Waals surface area contributed by atoms with Crippen LogP contribution in [0.1, 0.15) is 32.1 Å². The lowest BCUT2D eigenvalue weighted by atomic mass is 10.1. The number of ether oxygens (including phenoxy) is 1. The van der Waals surface area contributed by atoms with Crippen LogP contribution in [0.3, 0.4) is 0 Å². The number of benzene rings is 15. The number of aryl methyl sites for hydroxylation is 2. The predicted octanol–water partition coefficient (Wildman–Crippen LogP) is 27.7. The zero-order chi connectivity index (χ0) is 100. The minimum atomic E-state index is -0.619. The number of amidine groups is 4. The van der Waals surface area contributed by atoms with E-state index < -0.39 is 6.09 Å². The molecule has 4 saturated heterocycles. The van der Waals surface area contributed by atoms with Crippen molar-refractivity contribution in [3.63, 3.8) is 0 Å². The highest BCUT2D eigenvalue weighted by Crippen LogP contribution is 2.44. The Kier molecular flexibility index (Phi) is 30.2. The second-order valence-electron chi connectivity index (χ2n) is 32.8. The Balaban J connectivity index is 0.000000112. The summed E-state index contributed by atoms with van der Waals surface area (Å²) in [6, 6.07) is 130. The van der Waals surface area contributed by atoms with E-state index >= 15 is 0 Å². The molecule has 9 heterocycles. The fourth-order valence-corrected chi connectivity index (χ4v) is 22.1. The minimum absolute atomic E-state index is 0.0557. The van der Waals surface area contributed by atoms with Gasteiger partial charge in [-0.3, -0.25) is 48.0 Å². The van der Waals surface area contributed by atoms with E-state index in [4.69, 9.17) is 34.1 Å². The summed E-state index contributed by atoms with van der Waals surface area (Å²) in [5.41, 5.74) is 14.8. The number of nitrogens with zero attached hydrogens (tertiary/aromatic N) is 14. The van der Waals surface area contributed by atoms with Crippen molar-refractivity contribution in [3.05, 3.63) is 486 Å². The molecule has 22 nitrogen and oxygen atoms in total. The Morgan fingerprint density at radius 1 is 0.374 bits per heavy atom. The number of furan rings is 1. The molecule has 5 aliphatic rings. The van der Waals surface area contributed by atoms with Crippen LogP contribution in [0.15, 0.2) is 478 Å². The predicted molar refractivity (Wildman–Crippen MR) is 605 cm³/mol. The number of rotatable bonds is 16. The average molecular weight is 2050 g/mol. The Morgan fingerprint density at radius 2 is 0.755 bits per heavy atom. The highest BCUT2D eigenvalue weighted by molar-refractivity contribution is 8.20. The van der Waals surface area contributed by atoms with Crippen LogP contribution >= 0.6 is 81.5 Å². The van der Waals surface area contributed by atoms with Crippen LogP contribution in [0, 0.1) is 6.92 Å². The Bertz CT molecular complexity index is 8500. The number of aliphatic imine (C=N–C) groups is 4. The molecule has 0 radical (unpaired) electrons. The maximum absolute atomic E-state index is 13.3. The number of aromatic hydroxyl groups is 1. The first kappa shape index (κ1) is 97.3. The third-order valence-electron chi connectivity index (χ3n) is 22.8. The fourth-order valence-electron chi connectivity index (χ4n) is 15.8. The molecule has 29 heteroatoms. The van der Waals surface area contributed by atoms with E-state index in [2.05, 4.69) is 33.3 Å². The first-order valence-electron chi connectivity index (χ1n) is 46.2. The summed E-state index contributed by atoms with van der Waals surface area (Å²) in [4.78, 5) is 108. The maximum Gasteiger partial charge on any atom is 0.439 e. The number of para-hydroxylation sites is 10. The molecule has 15 aromatic carbocycles. The standard InChI is InChI=1S/C24H18N4OS.C24H17N3OS2.C24H16N2O2S.C23H15N3O3S.C23H18N2OS2/c1-27-21-13-12-17(14-18(21)16-25-27)15-22-23(29)28(20-10-6-3-7-11-20)24(30-22)26-19-8-4-2-5-9-19;1-16-25-20-13-12-17(14-21(20)29-16)15-22-23(28)27(19-10-6-3-7-11-19)24(30-22)26-18-8-4-2-5-9-18;27-23-22(16-17-11-12-21-18(15-17)13-14-28-21)29-24(25-19-7-3-1-4-8-19)26(23)20-9-5-2-6-10-20;27-21-20(14-15-11-12-18-19(13-15)29-23(28)25-18)30-22(24-16-7-3-1-4-8-16)26(21)17-9-5-2-6-10-17;1-27-20-14-12-17(13-15-20)16-21-22(26)25(19-10-6-3-7-11-19)23(28-21)24-18-8-4-2-5-9-18/h2-16H,1H3;2-15H,1H3;1-16H;1-14,27H;2-16H,1H3/b2*22-15-,26-24?;22-16-,25-24?;;21-16-,24-23?. The molecule has 0 atom stereocenters. The zero-order valence-corrected chi connectivity index (χ0v) is 84.4. The summed E-state index contributed by atoms with van der Waals surface area (Å²) in [5, 5.41) is 22.3. The van der Waals surface area contributed by atoms with Crippen LogP contribution in [-0.4, -0.2) is 81.1 Å². The first-order valence-corrected chi connectivity index (χ1v) is 52.3. The molecule has 1 N–H and O–H groups in total. The van der Waals surface area contributed by atoms with Crippen molar-refractivity contribution in [2.75, 3.05) is 25.9 Å². The minimum Gasteiger partial charge on any atom is -0.493 e. The van der Waals surface area contributed by atoms with Crippen molar-refractivity contribution in [2.45, 2.75) is 11.8 Å². The van der Waals surface area contributed by atoms with Crippen molar-refractivity contribution in [3.8, 4) is 17.3 Å². The van der Waals surface area contributed by atoms with E-state index in [-0.39, 0.29) is 29.5 Å². The molecule has 5 amide bonds. The van der Waals surface area contributed by atoms with Crippen LogP contribution in [-0.2, 0) is 26.2 Å². The largest absolute Gasteiger partial charge is 0.493 e. The van der Waals surface area contributed by atoms with Gasteiger partial charge in [0, 0.05) is 22.7 Å². The molecule has 4 fully saturated rings. The van der Waals surface area contributed by atoms with Gasteiger partial charge in [-0.05, 0) is 306 Å². The van der Waals surface area contributed by atoms with Crippen LogP contribution in [0.5, 0.6) is 11.6 Å². The van der Waals surface area contributed by atoms with Crippen LogP contribution < -0.4 is 39.7 Å². The van der Waals surface area contributed by atoms with Gasteiger partial charge in [0.1, 0.15) is 10.9 Å². The van der Waals surface area contributed by atoms with E-state index in [0.29, 0.717) is 61.1 Å². The van der Waals surface area contributed by atoms with Crippen LogP contribution in [0.4, 0.5) is 56.0 Å². The van der Waals surface area contributed by atoms with Crippen LogP contribution in [0.2, 0.25) is 0 Å². The Hall–Kier alpha value is -17.2. The molecule has 24 rings (SSSR count). The van der Waals surface area contributed by atoms with Gasteiger partial charge in [-0.1, -0.05) is 230 Å². The zero-order valence-electron chi connectivity index (χ0n) is 78.6. The summed E-state index contributed by atoms with van der Waals surface area (Å²) < 4.78 is 15.2. The number of thiazole rings is 2. The summed E-state index contributed by atoms with van der Waals surface area (Å²) in [6.07, 6.45) is 14.5. The first-order chi connectivity index (χ1) is 72.0. The van der Waals surface area contributed by atoms with Gasteiger partial charge in [0.25, 0.3) is 23.6 Å². The fraction of sp³-hybridized carbons (Fsp3) is 0.0254. The molecule has 4 aromatic heterocycles. The summed E-state index contributed by atoms with van der Waals surface area (Å²) >= 11 is 10.3. The quantitative estimate of drug-likeness (QED) is 0.0697. The van der Waals surface area contributed by atoms with Crippen molar-refractivity contribution in [1.29, 1.82) is 0 Å². The van der Waals surface area contributed by atoms with E-state index in [1.807, 2.05) is 438 Å². The van der Waals surface area contributed by atoms with E-state index in [1.54, 1.807) is 65.7 Å². The van der Waals surface area contributed by atoms with Gasteiger partial charge in [-0.25, -0.2) is 34.7 Å². The number of carbonyl (C=O) groups is 5. The molecule has 0 aliphatic carbocycles. The number of amides is 5. The molecule has 0 spiro atoms. The summed E-state index contributed by atoms with van der Waals surface area (Å²) in [5.74, 6) is 0.217. The normalized spacial score (nSPS) is 16.3. The molecule has 0 saturated carbocycles. The molecule has 716 valence electrons. The second-order valence-corrected chi connectivity index (χ2v) is 40.0. The third-order valence-corrected chi connectivity index (χ3v) is 29.3.